The van der Waals surface area contributed by atoms with Crippen molar-refractivity contribution in [2.45, 2.75) is 18.9 Å². The number of nitrogens with zero attached hydrogens (tertiary/aromatic N) is 3. The van der Waals surface area contributed by atoms with E-state index in [9.17, 15) is 4.39 Å². The molecule has 5 rings (SSSR count). The minimum Gasteiger partial charge on any atom is -0.486 e. The molecule has 2 aliphatic heterocycles. The Kier molecular flexibility index (Phi) is 4.55. The van der Waals surface area contributed by atoms with Crippen molar-refractivity contribution in [2.24, 2.45) is 0 Å². The van der Waals surface area contributed by atoms with Gasteiger partial charge in [0.2, 0.25) is 0 Å². The Labute approximate surface area is 167 Å². The SMILES string of the molecule is Nc1cc(N2CCC2)c2c(Nc3ccc(F)cc3O[C@H]3CCOC3)ncnc2c1. The Hall–Kier alpha value is -3.13. The highest BCUT2D eigenvalue weighted by Gasteiger charge is 2.22. The fraction of sp³-hybridized carbons (Fsp3) is 0.333. The molecule has 1 aromatic heterocycles. The van der Waals surface area contributed by atoms with Gasteiger partial charge in [-0.2, -0.15) is 0 Å². The van der Waals surface area contributed by atoms with E-state index in [4.69, 9.17) is 15.2 Å². The molecule has 0 unspecified atom stereocenters. The number of benzene rings is 2. The van der Waals surface area contributed by atoms with Crippen molar-refractivity contribution in [3.63, 3.8) is 0 Å². The summed E-state index contributed by atoms with van der Waals surface area (Å²) in [7, 11) is 0. The van der Waals surface area contributed by atoms with Crippen LogP contribution in [0, 0.1) is 5.82 Å². The van der Waals surface area contributed by atoms with E-state index in [2.05, 4.69) is 20.2 Å². The van der Waals surface area contributed by atoms with E-state index in [1.54, 1.807) is 6.07 Å². The summed E-state index contributed by atoms with van der Waals surface area (Å²) >= 11 is 0. The smallest absolute Gasteiger partial charge is 0.146 e. The molecule has 0 bridgehead atoms. The van der Waals surface area contributed by atoms with Gasteiger partial charge in [-0.25, -0.2) is 14.4 Å². The topological polar surface area (TPSA) is 85.5 Å². The second-order valence-electron chi connectivity index (χ2n) is 7.37. The molecule has 8 heteroatoms. The lowest BCUT2D eigenvalue weighted by Crippen LogP contribution is -2.37. The van der Waals surface area contributed by atoms with Crippen LogP contribution in [0.1, 0.15) is 12.8 Å². The maximum atomic E-state index is 13.9. The molecule has 0 amide bonds. The Morgan fingerprint density at radius 1 is 1.21 bits per heavy atom. The van der Waals surface area contributed by atoms with Crippen LogP contribution in [0.25, 0.3) is 10.9 Å². The van der Waals surface area contributed by atoms with Crippen LogP contribution in [0.3, 0.4) is 0 Å². The maximum absolute atomic E-state index is 13.9. The normalized spacial score (nSPS) is 18.7. The molecule has 150 valence electrons. The molecule has 3 aromatic rings. The van der Waals surface area contributed by atoms with Crippen molar-refractivity contribution in [3.8, 4) is 5.75 Å². The zero-order chi connectivity index (χ0) is 19.8. The van der Waals surface area contributed by atoms with E-state index < -0.39 is 0 Å². The number of nitrogens with one attached hydrogen (secondary N) is 1. The van der Waals surface area contributed by atoms with Crippen molar-refractivity contribution in [1.82, 2.24) is 9.97 Å². The number of halogens is 1. The zero-order valence-corrected chi connectivity index (χ0v) is 15.9. The van der Waals surface area contributed by atoms with Crippen LogP contribution < -0.4 is 20.7 Å². The summed E-state index contributed by atoms with van der Waals surface area (Å²) < 4.78 is 25.3. The van der Waals surface area contributed by atoms with Gasteiger partial charge in [-0.3, -0.25) is 0 Å². The standard InChI is InChI=1S/C21H22FN5O2/c22-13-2-3-16(19(8-13)29-15-4-7-28-11-15)26-21-20-17(24-12-25-21)9-14(23)10-18(20)27-5-1-6-27/h2-3,8-10,12,15H,1,4-7,11,23H2,(H,24,25,26)/t15-/m0/s1. The number of anilines is 4. The maximum Gasteiger partial charge on any atom is 0.146 e. The highest BCUT2D eigenvalue weighted by Crippen LogP contribution is 2.38. The van der Waals surface area contributed by atoms with Crippen LogP contribution >= 0.6 is 0 Å². The summed E-state index contributed by atoms with van der Waals surface area (Å²) in [5.41, 5.74) is 9.17. The lowest BCUT2D eigenvalue weighted by Gasteiger charge is -2.34. The van der Waals surface area contributed by atoms with Gasteiger partial charge >= 0.3 is 0 Å². The van der Waals surface area contributed by atoms with Crippen LogP contribution in [0.15, 0.2) is 36.7 Å². The molecule has 2 fully saturated rings. The van der Waals surface area contributed by atoms with Gasteiger partial charge in [-0.15, -0.1) is 0 Å². The molecule has 0 spiro atoms. The van der Waals surface area contributed by atoms with Crippen LogP contribution in [0.2, 0.25) is 0 Å². The summed E-state index contributed by atoms with van der Waals surface area (Å²) in [6.45, 7) is 3.10. The molecule has 3 N–H and O–H groups in total. The van der Waals surface area contributed by atoms with Gasteiger partial charge in [-0.1, -0.05) is 0 Å². The number of hydrogen-bond donors (Lipinski definition) is 2. The van der Waals surface area contributed by atoms with Gasteiger partial charge in [0.05, 0.1) is 35.5 Å². The number of aromatic nitrogens is 2. The third-order valence-corrected chi connectivity index (χ3v) is 5.31. The highest BCUT2D eigenvalue weighted by atomic mass is 19.1. The fourth-order valence-corrected chi connectivity index (χ4v) is 3.70. The average Bonchev–Trinajstić information content (AvgIpc) is 3.15. The van der Waals surface area contributed by atoms with Gasteiger partial charge in [0.15, 0.2) is 0 Å². The summed E-state index contributed by atoms with van der Waals surface area (Å²) in [6.07, 6.45) is 3.34. The molecular weight excluding hydrogens is 373 g/mol. The summed E-state index contributed by atoms with van der Waals surface area (Å²) in [6, 6.07) is 8.24. The summed E-state index contributed by atoms with van der Waals surface area (Å²) in [5, 5.41) is 4.22. The lowest BCUT2D eigenvalue weighted by molar-refractivity contribution is 0.141. The Balaban J connectivity index is 1.55. The molecule has 0 saturated carbocycles. The number of fused-ring (bicyclic) bond motifs is 1. The van der Waals surface area contributed by atoms with Gasteiger partial charge in [-0.05, 0) is 30.7 Å². The third-order valence-electron chi connectivity index (χ3n) is 5.31. The largest absolute Gasteiger partial charge is 0.486 e. The predicted molar refractivity (Wildman–Crippen MR) is 110 cm³/mol. The van der Waals surface area contributed by atoms with Gasteiger partial charge < -0.3 is 25.4 Å². The fourth-order valence-electron chi connectivity index (χ4n) is 3.70. The minimum absolute atomic E-state index is 0.0871. The first-order valence-electron chi connectivity index (χ1n) is 9.77. The molecule has 0 radical (unpaired) electrons. The molecular formula is C21H22FN5O2. The van der Waals surface area contributed by atoms with Gasteiger partial charge in [0, 0.05) is 31.3 Å². The molecule has 2 aromatic carbocycles. The van der Waals surface area contributed by atoms with Crippen molar-refractivity contribution in [2.75, 3.05) is 42.3 Å². The molecule has 0 aliphatic carbocycles. The van der Waals surface area contributed by atoms with Crippen LogP contribution in [-0.2, 0) is 4.74 Å². The van der Waals surface area contributed by atoms with Gasteiger partial charge in [0.25, 0.3) is 0 Å². The number of nitrogens with two attached hydrogens (primary N) is 1. The lowest BCUT2D eigenvalue weighted by atomic mass is 10.1. The summed E-state index contributed by atoms with van der Waals surface area (Å²) in [5.74, 6) is 0.718. The van der Waals surface area contributed by atoms with Crippen LogP contribution in [-0.4, -0.2) is 42.4 Å². The number of hydrogen-bond acceptors (Lipinski definition) is 7. The zero-order valence-electron chi connectivity index (χ0n) is 15.9. The quantitative estimate of drug-likeness (QED) is 0.640. The van der Waals surface area contributed by atoms with E-state index in [0.29, 0.717) is 36.2 Å². The molecule has 7 nitrogen and oxygen atoms in total. The second kappa shape index (κ2) is 7.36. The van der Waals surface area contributed by atoms with Crippen molar-refractivity contribution < 1.29 is 13.9 Å². The molecule has 2 saturated heterocycles. The van der Waals surface area contributed by atoms with E-state index >= 15 is 0 Å². The Morgan fingerprint density at radius 2 is 2.10 bits per heavy atom. The second-order valence-corrected chi connectivity index (χ2v) is 7.37. The van der Waals surface area contributed by atoms with Gasteiger partial charge in [0.1, 0.15) is 29.8 Å². The first-order chi connectivity index (χ1) is 14.2. The third kappa shape index (κ3) is 3.51. The molecule has 2 aliphatic rings. The predicted octanol–water partition coefficient (Wildman–Crippen LogP) is 3.47. The van der Waals surface area contributed by atoms with E-state index in [1.165, 1.54) is 18.5 Å². The molecule has 29 heavy (non-hydrogen) atoms. The average molecular weight is 395 g/mol. The Bertz CT molecular complexity index is 1050. The monoisotopic (exact) mass is 395 g/mol. The first kappa shape index (κ1) is 17.9. The highest BCUT2D eigenvalue weighted by molar-refractivity contribution is 6.03. The van der Waals surface area contributed by atoms with E-state index in [1.807, 2.05) is 12.1 Å². The van der Waals surface area contributed by atoms with Crippen molar-refractivity contribution in [1.29, 1.82) is 0 Å². The van der Waals surface area contributed by atoms with Crippen molar-refractivity contribution >= 4 is 33.8 Å². The van der Waals surface area contributed by atoms with Crippen LogP contribution in [0.5, 0.6) is 5.75 Å². The molecule has 1 atom stereocenters. The number of rotatable bonds is 5. The van der Waals surface area contributed by atoms with E-state index in [0.717, 1.165) is 42.5 Å². The molecule has 3 heterocycles. The Morgan fingerprint density at radius 3 is 2.86 bits per heavy atom. The van der Waals surface area contributed by atoms with Crippen LogP contribution in [0.4, 0.5) is 27.3 Å². The minimum atomic E-state index is -0.356. The summed E-state index contributed by atoms with van der Waals surface area (Å²) in [4.78, 5) is 11.1. The number of ether oxygens (including phenoxy) is 2. The number of nitrogen functional groups attached to an aromatic ring is 1. The first-order valence-corrected chi connectivity index (χ1v) is 9.77. The van der Waals surface area contributed by atoms with Crippen molar-refractivity contribution in [3.05, 3.63) is 42.5 Å². The van der Waals surface area contributed by atoms with E-state index in [-0.39, 0.29) is 11.9 Å².